The second kappa shape index (κ2) is 7.82. The summed E-state index contributed by atoms with van der Waals surface area (Å²) in [5.74, 6) is -0.613. The number of rotatable bonds is 5. The summed E-state index contributed by atoms with van der Waals surface area (Å²) in [4.78, 5) is 30.5. The number of hydrogen-bond donors (Lipinski definition) is 1. The Hall–Kier alpha value is -3.19. The number of anilines is 2. The molecular formula is C20H18ClN5O2. The van der Waals surface area contributed by atoms with E-state index in [2.05, 4.69) is 15.4 Å². The maximum atomic E-state index is 12.6. The zero-order valence-electron chi connectivity index (χ0n) is 15.0. The number of amides is 2. The van der Waals surface area contributed by atoms with Crippen molar-refractivity contribution >= 4 is 34.8 Å². The van der Waals surface area contributed by atoms with E-state index in [0.29, 0.717) is 23.8 Å². The summed E-state index contributed by atoms with van der Waals surface area (Å²) in [6.45, 7) is 0.970. The van der Waals surface area contributed by atoms with E-state index in [1.807, 2.05) is 24.3 Å². The highest BCUT2D eigenvalue weighted by Crippen LogP contribution is 2.27. The fourth-order valence-corrected chi connectivity index (χ4v) is 3.32. The lowest BCUT2D eigenvalue weighted by molar-refractivity contribution is -0.122. The van der Waals surface area contributed by atoms with E-state index < -0.39 is 5.92 Å². The second-order valence-corrected chi connectivity index (χ2v) is 7.10. The van der Waals surface area contributed by atoms with Crippen molar-refractivity contribution in [1.29, 1.82) is 0 Å². The van der Waals surface area contributed by atoms with E-state index in [9.17, 15) is 9.59 Å². The van der Waals surface area contributed by atoms with Crippen molar-refractivity contribution in [2.24, 2.45) is 5.92 Å². The van der Waals surface area contributed by atoms with Crippen LogP contribution in [0.25, 0.3) is 0 Å². The van der Waals surface area contributed by atoms with E-state index in [-0.39, 0.29) is 18.2 Å². The first-order valence-electron chi connectivity index (χ1n) is 8.86. The van der Waals surface area contributed by atoms with Crippen molar-refractivity contribution in [3.63, 3.8) is 0 Å². The Labute approximate surface area is 166 Å². The summed E-state index contributed by atoms with van der Waals surface area (Å²) >= 11 is 5.90. The normalized spacial score (nSPS) is 16.4. The monoisotopic (exact) mass is 395 g/mol. The van der Waals surface area contributed by atoms with Crippen LogP contribution in [0.2, 0.25) is 5.02 Å². The number of halogens is 1. The Morgan fingerprint density at radius 2 is 1.89 bits per heavy atom. The summed E-state index contributed by atoms with van der Waals surface area (Å²) in [6, 6.07) is 14.6. The minimum absolute atomic E-state index is 0.0642. The van der Waals surface area contributed by atoms with Gasteiger partial charge in [-0.2, -0.15) is 5.10 Å². The summed E-state index contributed by atoms with van der Waals surface area (Å²) in [7, 11) is 0. The summed E-state index contributed by atoms with van der Waals surface area (Å²) in [6.07, 6.45) is 3.34. The average Bonchev–Trinajstić information content (AvgIpc) is 3.34. The van der Waals surface area contributed by atoms with Crippen molar-refractivity contribution in [3.05, 3.63) is 71.8 Å². The van der Waals surface area contributed by atoms with Crippen molar-refractivity contribution in [2.75, 3.05) is 16.8 Å². The van der Waals surface area contributed by atoms with E-state index in [1.165, 1.54) is 6.33 Å². The van der Waals surface area contributed by atoms with Crippen LogP contribution >= 0.6 is 11.6 Å². The van der Waals surface area contributed by atoms with Crippen molar-refractivity contribution in [1.82, 2.24) is 14.8 Å². The molecule has 0 radical (unpaired) electrons. The van der Waals surface area contributed by atoms with Crippen LogP contribution in [0.3, 0.4) is 0 Å². The van der Waals surface area contributed by atoms with Crippen LogP contribution < -0.4 is 10.2 Å². The Balaban J connectivity index is 1.37. The van der Waals surface area contributed by atoms with Crippen molar-refractivity contribution in [3.8, 4) is 0 Å². The third-order valence-electron chi connectivity index (χ3n) is 4.67. The van der Waals surface area contributed by atoms with Crippen LogP contribution in [0.5, 0.6) is 0 Å². The molecule has 7 nitrogen and oxygen atoms in total. The zero-order chi connectivity index (χ0) is 19.5. The molecule has 0 spiro atoms. The molecule has 0 bridgehead atoms. The van der Waals surface area contributed by atoms with E-state index >= 15 is 0 Å². The molecular weight excluding hydrogens is 378 g/mol. The van der Waals surface area contributed by atoms with Crippen LogP contribution in [0.1, 0.15) is 12.0 Å². The molecule has 1 aliphatic heterocycles. The predicted molar refractivity (Wildman–Crippen MR) is 106 cm³/mol. The highest BCUT2D eigenvalue weighted by molar-refractivity contribution is 6.30. The fourth-order valence-electron chi connectivity index (χ4n) is 3.19. The molecule has 142 valence electrons. The van der Waals surface area contributed by atoms with Crippen LogP contribution in [0.4, 0.5) is 11.4 Å². The van der Waals surface area contributed by atoms with Gasteiger partial charge in [-0.05, 0) is 42.0 Å². The van der Waals surface area contributed by atoms with E-state index in [4.69, 9.17) is 11.6 Å². The summed E-state index contributed by atoms with van der Waals surface area (Å²) in [5, 5.41) is 7.58. The van der Waals surface area contributed by atoms with Gasteiger partial charge in [-0.3, -0.25) is 9.59 Å². The molecule has 1 N–H and O–H groups in total. The zero-order valence-corrected chi connectivity index (χ0v) is 15.7. The minimum Gasteiger partial charge on any atom is -0.326 e. The number of hydrogen-bond acceptors (Lipinski definition) is 4. The van der Waals surface area contributed by atoms with Crippen LogP contribution in [0.15, 0.2) is 61.2 Å². The summed E-state index contributed by atoms with van der Waals surface area (Å²) < 4.78 is 1.73. The molecule has 2 heterocycles. The molecule has 0 aliphatic carbocycles. The Morgan fingerprint density at radius 1 is 1.14 bits per heavy atom. The molecule has 4 rings (SSSR count). The van der Waals surface area contributed by atoms with Crippen molar-refractivity contribution in [2.45, 2.75) is 13.0 Å². The molecule has 0 unspecified atom stereocenters. The predicted octanol–water partition coefficient (Wildman–Crippen LogP) is 2.97. The van der Waals surface area contributed by atoms with Gasteiger partial charge in [0.2, 0.25) is 11.8 Å². The topological polar surface area (TPSA) is 80.1 Å². The smallest absolute Gasteiger partial charge is 0.229 e. The number of nitrogens with one attached hydrogen (secondary N) is 1. The first-order chi connectivity index (χ1) is 13.6. The lowest BCUT2D eigenvalue weighted by Crippen LogP contribution is -2.28. The van der Waals surface area contributed by atoms with Gasteiger partial charge in [-0.25, -0.2) is 9.67 Å². The SMILES string of the molecule is O=C(Nc1ccc(Cn2cncn2)cc1)[C@H]1CC(=O)N(c2ccc(Cl)cc2)C1. The van der Waals surface area contributed by atoms with Crippen LogP contribution in [-0.2, 0) is 16.1 Å². The van der Waals surface area contributed by atoms with E-state index in [1.54, 1.807) is 40.2 Å². The average molecular weight is 396 g/mol. The molecule has 28 heavy (non-hydrogen) atoms. The van der Waals surface area contributed by atoms with Crippen LogP contribution in [0, 0.1) is 5.92 Å². The maximum Gasteiger partial charge on any atom is 0.229 e. The molecule has 1 saturated heterocycles. The third-order valence-corrected chi connectivity index (χ3v) is 4.92. The lowest BCUT2D eigenvalue weighted by atomic mass is 10.1. The molecule has 1 aromatic heterocycles. The first-order valence-corrected chi connectivity index (χ1v) is 9.24. The number of aromatic nitrogens is 3. The molecule has 0 saturated carbocycles. The van der Waals surface area contributed by atoms with Gasteiger partial charge in [0.05, 0.1) is 12.5 Å². The molecule has 2 amide bonds. The van der Waals surface area contributed by atoms with Gasteiger partial charge in [0.15, 0.2) is 0 Å². The highest BCUT2D eigenvalue weighted by atomic mass is 35.5. The standard InChI is InChI=1S/C20H18ClN5O2/c21-16-3-7-18(8-4-16)26-11-15(9-19(26)27)20(28)24-17-5-1-14(2-6-17)10-25-13-22-12-23-25/h1-8,12-13,15H,9-11H2,(H,24,28)/t15-/m0/s1. The molecule has 1 atom stereocenters. The quantitative estimate of drug-likeness (QED) is 0.720. The molecule has 2 aromatic carbocycles. The summed E-state index contributed by atoms with van der Waals surface area (Å²) in [5.41, 5.74) is 2.50. The number of carbonyl (C=O) groups is 2. The van der Waals surface area contributed by atoms with Gasteiger partial charge in [0.1, 0.15) is 12.7 Å². The largest absolute Gasteiger partial charge is 0.326 e. The fraction of sp³-hybridized carbons (Fsp3) is 0.200. The van der Waals surface area contributed by atoms with Crippen LogP contribution in [-0.4, -0.2) is 33.1 Å². The lowest BCUT2D eigenvalue weighted by Gasteiger charge is -2.16. The Morgan fingerprint density at radius 3 is 2.57 bits per heavy atom. The van der Waals surface area contributed by atoms with Crippen molar-refractivity contribution < 1.29 is 9.59 Å². The van der Waals surface area contributed by atoms with Gasteiger partial charge in [0, 0.05) is 29.4 Å². The highest BCUT2D eigenvalue weighted by Gasteiger charge is 2.35. The minimum atomic E-state index is -0.391. The Bertz CT molecular complexity index is 971. The number of nitrogens with zero attached hydrogens (tertiary/aromatic N) is 4. The number of carbonyl (C=O) groups excluding carboxylic acids is 2. The third kappa shape index (κ3) is 4.04. The second-order valence-electron chi connectivity index (χ2n) is 6.66. The van der Waals surface area contributed by atoms with Gasteiger partial charge in [-0.15, -0.1) is 0 Å². The molecule has 1 fully saturated rings. The number of benzene rings is 2. The van der Waals surface area contributed by atoms with E-state index in [0.717, 1.165) is 11.3 Å². The molecule has 1 aliphatic rings. The van der Waals surface area contributed by atoms with Gasteiger partial charge in [0.25, 0.3) is 0 Å². The Kier molecular flexibility index (Phi) is 5.08. The van der Waals surface area contributed by atoms with Gasteiger partial charge in [-0.1, -0.05) is 23.7 Å². The first kappa shape index (κ1) is 18.2. The molecule has 8 heteroatoms. The molecule has 3 aromatic rings. The maximum absolute atomic E-state index is 12.6. The van der Waals surface area contributed by atoms with Gasteiger partial charge < -0.3 is 10.2 Å². The van der Waals surface area contributed by atoms with Gasteiger partial charge >= 0.3 is 0 Å².